The third kappa shape index (κ3) is 6.58. The molecule has 0 bridgehead atoms. The zero-order valence-electron chi connectivity index (χ0n) is 41.0. The second kappa shape index (κ2) is 17.2. The number of anilines is 3. The van der Waals surface area contributed by atoms with Crippen LogP contribution in [0.2, 0.25) is 0 Å². The number of para-hydroxylation sites is 2. The quantitative estimate of drug-likeness (QED) is 0.151. The SMILES string of the molecule is c1ccc(-c2ccc(N(c3ccc4c(c3)C3(c5ccccc5-c5ccccc53)c3ccccc3-4)c3ccc(-c4ccccc4-c4ccc5c6ccccc6n(-c6ccccc6)c5c4)cc3-c3ccncc3)cc2)cc1. The molecule has 0 radical (unpaired) electrons. The van der Waals surface area contributed by atoms with E-state index in [9.17, 15) is 0 Å². The van der Waals surface area contributed by atoms with Gasteiger partial charge in [-0.05, 0) is 156 Å². The minimum absolute atomic E-state index is 0.488. The fraction of sp³-hybridized carbons (Fsp3) is 0.0139. The van der Waals surface area contributed by atoms with Gasteiger partial charge in [-0.3, -0.25) is 4.98 Å². The minimum atomic E-state index is -0.488. The summed E-state index contributed by atoms with van der Waals surface area (Å²) in [5.41, 5.74) is 25.9. The third-order valence-electron chi connectivity index (χ3n) is 15.9. The summed E-state index contributed by atoms with van der Waals surface area (Å²) < 4.78 is 2.40. The van der Waals surface area contributed by atoms with E-state index in [4.69, 9.17) is 0 Å². The second-order valence-corrected chi connectivity index (χ2v) is 19.8. The molecule has 0 aliphatic heterocycles. The first-order valence-corrected chi connectivity index (χ1v) is 25.8. The van der Waals surface area contributed by atoms with E-state index < -0.39 is 5.41 Å². The molecule has 0 fully saturated rings. The van der Waals surface area contributed by atoms with Gasteiger partial charge in [0.05, 0.1) is 22.1 Å². The number of benzene rings is 11. The van der Waals surface area contributed by atoms with E-state index in [1.165, 1.54) is 83.0 Å². The van der Waals surface area contributed by atoms with Crippen molar-refractivity contribution in [2.24, 2.45) is 0 Å². The van der Waals surface area contributed by atoms with Gasteiger partial charge in [-0.1, -0.05) is 200 Å². The van der Waals surface area contributed by atoms with E-state index in [1.807, 2.05) is 12.4 Å². The highest BCUT2D eigenvalue weighted by atomic mass is 15.1. The van der Waals surface area contributed by atoms with E-state index in [1.54, 1.807) is 0 Å². The van der Waals surface area contributed by atoms with Crippen LogP contribution >= 0.6 is 0 Å². The molecule has 0 atom stereocenters. The number of fused-ring (bicyclic) bond motifs is 13. The molecule has 13 aromatic rings. The van der Waals surface area contributed by atoms with Crippen molar-refractivity contribution in [2.45, 2.75) is 5.41 Å². The Balaban J connectivity index is 0.939. The lowest BCUT2D eigenvalue weighted by Crippen LogP contribution is -2.26. The van der Waals surface area contributed by atoms with Gasteiger partial charge in [0.1, 0.15) is 0 Å². The topological polar surface area (TPSA) is 21.1 Å². The molecular weight excluding hydrogens is 907 g/mol. The van der Waals surface area contributed by atoms with Crippen LogP contribution in [0.1, 0.15) is 22.3 Å². The monoisotopic (exact) mass is 953 g/mol. The summed E-state index contributed by atoms with van der Waals surface area (Å²) >= 11 is 0. The van der Waals surface area contributed by atoms with Gasteiger partial charge in [-0.25, -0.2) is 0 Å². The van der Waals surface area contributed by atoms with Gasteiger partial charge >= 0.3 is 0 Å². The maximum atomic E-state index is 4.53. The number of hydrogen-bond donors (Lipinski definition) is 0. The lowest BCUT2D eigenvalue weighted by Gasteiger charge is -2.33. The van der Waals surface area contributed by atoms with Crippen LogP contribution in [-0.4, -0.2) is 9.55 Å². The first kappa shape index (κ1) is 42.8. The highest BCUT2D eigenvalue weighted by molar-refractivity contribution is 6.10. The minimum Gasteiger partial charge on any atom is -0.310 e. The predicted molar refractivity (Wildman–Crippen MR) is 311 cm³/mol. The molecule has 0 N–H and O–H groups in total. The smallest absolute Gasteiger partial charge is 0.0726 e. The number of hydrogen-bond acceptors (Lipinski definition) is 2. The number of aromatic nitrogens is 2. The number of rotatable bonds is 8. The zero-order valence-corrected chi connectivity index (χ0v) is 41.0. The van der Waals surface area contributed by atoms with E-state index in [2.05, 4.69) is 287 Å². The second-order valence-electron chi connectivity index (χ2n) is 19.8. The van der Waals surface area contributed by atoms with Gasteiger partial charge in [-0.2, -0.15) is 0 Å². The molecule has 3 nitrogen and oxygen atoms in total. The molecule has 11 aromatic carbocycles. The molecule has 0 saturated carbocycles. The van der Waals surface area contributed by atoms with Crippen LogP contribution in [0.3, 0.4) is 0 Å². The number of pyridine rings is 1. The van der Waals surface area contributed by atoms with Gasteiger partial charge in [-0.15, -0.1) is 0 Å². The Kier molecular flexibility index (Phi) is 9.79. The Bertz CT molecular complexity index is 4280. The Morgan fingerprint density at radius 2 is 0.787 bits per heavy atom. The molecular formula is C72H47N3. The van der Waals surface area contributed by atoms with Crippen LogP contribution in [0, 0.1) is 0 Å². The van der Waals surface area contributed by atoms with E-state index in [-0.39, 0.29) is 0 Å². The van der Waals surface area contributed by atoms with Crippen molar-refractivity contribution < 1.29 is 0 Å². The van der Waals surface area contributed by atoms with Gasteiger partial charge < -0.3 is 9.47 Å². The summed E-state index contributed by atoms with van der Waals surface area (Å²) in [4.78, 5) is 7.00. The molecule has 0 saturated heterocycles. The molecule has 2 aliphatic rings. The normalized spacial score (nSPS) is 12.6. The van der Waals surface area contributed by atoms with Crippen molar-refractivity contribution in [1.82, 2.24) is 9.55 Å². The van der Waals surface area contributed by atoms with Crippen molar-refractivity contribution in [3.63, 3.8) is 0 Å². The zero-order chi connectivity index (χ0) is 49.5. The molecule has 15 rings (SSSR count). The predicted octanol–water partition coefficient (Wildman–Crippen LogP) is 18.7. The summed E-state index contributed by atoms with van der Waals surface area (Å²) in [5, 5.41) is 2.48. The molecule has 2 aliphatic carbocycles. The van der Waals surface area contributed by atoms with Crippen molar-refractivity contribution in [1.29, 1.82) is 0 Å². The molecule has 3 heteroatoms. The molecule has 75 heavy (non-hydrogen) atoms. The third-order valence-corrected chi connectivity index (χ3v) is 15.9. The summed E-state index contributed by atoms with van der Waals surface area (Å²) in [6, 6.07) is 101. The van der Waals surface area contributed by atoms with Gasteiger partial charge in [0.2, 0.25) is 0 Å². The Labute approximate surface area is 436 Å². The Hall–Kier alpha value is -9.83. The van der Waals surface area contributed by atoms with Gasteiger partial charge in [0.25, 0.3) is 0 Å². The average molecular weight is 954 g/mol. The average Bonchev–Trinajstić information content (AvgIpc) is 4.11. The molecule has 2 heterocycles. The van der Waals surface area contributed by atoms with Gasteiger partial charge in [0, 0.05) is 45.8 Å². The summed E-state index contributed by atoms with van der Waals surface area (Å²) in [6.45, 7) is 0. The van der Waals surface area contributed by atoms with Crippen LogP contribution in [0.25, 0.3) is 94.3 Å². The van der Waals surface area contributed by atoms with Gasteiger partial charge in [0.15, 0.2) is 0 Å². The fourth-order valence-corrected chi connectivity index (χ4v) is 12.7. The van der Waals surface area contributed by atoms with E-state index >= 15 is 0 Å². The largest absolute Gasteiger partial charge is 0.310 e. The first-order valence-electron chi connectivity index (χ1n) is 25.8. The van der Waals surface area contributed by atoms with Crippen LogP contribution in [0.15, 0.2) is 285 Å². The first-order chi connectivity index (χ1) is 37.2. The molecule has 1 spiro atoms. The van der Waals surface area contributed by atoms with E-state index in [0.717, 1.165) is 50.6 Å². The number of nitrogens with zero attached hydrogens (tertiary/aromatic N) is 3. The highest BCUT2D eigenvalue weighted by Crippen LogP contribution is 2.63. The van der Waals surface area contributed by atoms with Crippen molar-refractivity contribution in [3.05, 3.63) is 308 Å². The van der Waals surface area contributed by atoms with E-state index in [0.29, 0.717) is 0 Å². The van der Waals surface area contributed by atoms with Crippen molar-refractivity contribution in [3.8, 4) is 72.4 Å². The molecule has 350 valence electrons. The van der Waals surface area contributed by atoms with Crippen molar-refractivity contribution >= 4 is 38.9 Å². The summed E-state index contributed by atoms with van der Waals surface area (Å²) in [6.07, 6.45) is 3.82. The highest BCUT2D eigenvalue weighted by Gasteiger charge is 2.51. The van der Waals surface area contributed by atoms with Crippen LogP contribution in [0.5, 0.6) is 0 Å². The lowest BCUT2D eigenvalue weighted by molar-refractivity contribution is 0.793. The Morgan fingerprint density at radius 3 is 1.45 bits per heavy atom. The summed E-state index contributed by atoms with van der Waals surface area (Å²) in [7, 11) is 0. The molecule has 0 amide bonds. The molecule has 2 aromatic heterocycles. The van der Waals surface area contributed by atoms with Crippen molar-refractivity contribution in [2.75, 3.05) is 4.90 Å². The summed E-state index contributed by atoms with van der Waals surface area (Å²) in [5.74, 6) is 0. The Morgan fingerprint density at radius 1 is 0.293 bits per heavy atom. The lowest BCUT2D eigenvalue weighted by atomic mass is 9.70. The van der Waals surface area contributed by atoms with Crippen LogP contribution in [-0.2, 0) is 5.41 Å². The molecule has 0 unspecified atom stereocenters. The maximum Gasteiger partial charge on any atom is 0.0726 e. The standard InChI is InChI=1S/C72H47N3/c1-3-17-48(18-4-1)49-31-35-54(36-32-49)74(55-37-39-61-60-25-11-15-29-67(60)72(68(61)47-55)65-27-13-9-23-58(65)59-24-10-14-28-66(59)72)70-40-34-51(45-64(70)50-41-43-73-44-42-50)56-21-7-8-22-57(56)52-33-38-63-62-26-12-16-30-69(62)75(71(63)46-52)53-19-5-2-6-20-53/h1-47H. The maximum absolute atomic E-state index is 4.53. The van der Waals surface area contributed by atoms with Crippen LogP contribution < -0.4 is 4.90 Å². The fourth-order valence-electron chi connectivity index (χ4n) is 12.7. The van der Waals surface area contributed by atoms with Crippen LogP contribution in [0.4, 0.5) is 17.1 Å².